The summed E-state index contributed by atoms with van der Waals surface area (Å²) in [4.78, 5) is 39.1. The molecule has 0 aromatic heterocycles. The van der Waals surface area contributed by atoms with Gasteiger partial charge in [0.2, 0.25) is 17.1 Å². The zero-order chi connectivity index (χ0) is 31.7. The summed E-state index contributed by atoms with van der Waals surface area (Å²) < 4.78 is 28.5. The SMILES string of the molecule is COc1cc2c(c(OC)c1OC)-c1ccc(OC)c(=O)cc1[C@@H](NC(=O)CCCCC(=O)OC1C3CC4CC(C3)CC1C4)CC2. The maximum atomic E-state index is 13.3. The molecule has 4 bridgehead atoms. The molecule has 0 aliphatic heterocycles. The van der Waals surface area contributed by atoms with Gasteiger partial charge < -0.3 is 29.0 Å². The molecular weight excluding hydrogens is 574 g/mol. The third-order valence-electron chi connectivity index (χ3n) is 10.5. The van der Waals surface area contributed by atoms with Crippen molar-refractivity contribution in [3.8, 4) is 34.1 Å². The summed E-state index contributed by atoms with van der Waals surface area (Å²) in [5, 5.41) is 3.17. The van der Waals surface area contributed by atoms with Crippen molar-refractivity contribution in [2.75, 3.05) is 28.4 Å². The van der Waals surface area contributed by atoms with Gasteiger partial charge in [-0.05, 0) is 116 Å². The van der Waals surface area contributed by atoms with E-state index >= 15 is 0 Å². The number of amides is 1. The minimum atomic E-state index is -0.423. The molecule has 0 radical (unpaired) electrons. The number of methoxy groups -OCH3 is 4. The van der Waals surface area contributed by atoms with Gasteiger partial charge in [0.1, 0.15) is 6.10 Å². The summed E-state index contributed by atoms with van der Waals surface area (Å²) in [5.41, 5.74) is 2.90. The Kier molecular flexibility index (Phi) is 9.24. The van der Waals surface area contributed by atoms with Crippen molar-refractivity contribution in [2.45, 2.75) is 82.8 Å². The molecule has 242 valence electrons. The van der Waals surface area contributed by atoms with Crippen LogP contribution in [0.15, 0.2) is 29.1 Å². The van der Waals surface area contributed by atoms with Crippen LogP contribution in [0.1, 0.15) is 81.4 Å². The molecule has 9 nitrogen and oxygen atoms in total. The van der Waals surface area contributed by atoms with E-state index in [2.05, 4.69) is 5.32 Å². The molecule has 5 aliphatic carbocycles. The molecule has 1 atom stereocenters. The Bertz CT molecular complexity index is 1480. The van der Waals surface area contributed by atoms with E-state index in [4.69, 9.17) is 23.7 Å². The highest BCUT2D eigenvalue weighted by Crippen LogP contribution is 2.55. The summed E-state index contributed by atoms with van der Waals surface area (Å²) in [6.07, 6.45) is 9.28. The quantitative estimate of drug-likeness (QED) is 0.249. The van der Waals surface area contributed by atoms with Crippen molar-refractivity contribution in [2.24, 2.45) is 23.7 Å². The monoisotopic (exact) mass is 619 g/mol. The molecule has 7 rings (SSSR count). The lowest BCUT2D eigenvalue weighted by Crippen LogP contribution is -2.50. The molecule has 4 fully saturated rings. The molecule has 0 saturated heterocycles. The highest BCUT2D eigenvalue weighted by Gasteiger charge is 2.49. The molecule has 1 N–H and O–H groups in total. The van der Waals surface area contributed by atoms with Crippen LogP contribution < -0.4 is 29.7 Å². The number of hydrogen-bond acceptors (Lipinski definition) is 8. The standard InChI is InChI=1S/C36H45NO8/c1-41-29-12-10-25-26(19-28(29)38)27(11-9-22-18-30(42-2)35(43-3)36(44-4)33(22)25)37-31(39)7-5-6-8-32(40)45-34-23-14-20-13-21(16-23)17-24(34)15-20/h10,12,18-21,23-24,27,34H,5-9,11,13-17H2,1-4H3,(H,37,39)/t20?,21?,23?,24?,27-,34?/m0/s1. The number of aryl methyl sites for hydroxylation is 1. The largest absolute Gasteiger partial charge is 0.493 e. The molecule has 0 unspecified atom stereocenters. The van der Waals surface area contributed by atoms with E-state index in [9.17, 15) is 14.4 Å². The van der Waals surface area contributed by atoms with Gasteiger partial charge >= 0.3 is 5.97 Å². The van der Waals surface area contributed by atoms with Crippen molar-refractivity contribution in [1.29, 1.82) is 0 Å². The second-order valence-corrected chi connectivity index (χ2v) is 13.2. The first-order valence-corrected chi connectivity index (χ1v) is 16.4. The number of rotatable bonds is 11. The fourth-order valence-corrected chi connectivity index (χ4v) is 8.72. The Hall–Kier alpha value is -3.75. The predicted molar refractivity (Wildman–Crippen MR) is 169 cm³/mol. The van der Waals surface area contributed by atoms with E-state index in [-0.39, 0.29) is 35.6 Å². The van der Waals surface area contributed by atoms with Gasteiger partial charge in [0.25, 0.3) is 0 Å². The lowest BCUT2D eigenvalue weighted by Gasteiger charge is -2.53. The van der Waals surface area contributed by atoms with Crippen LogP contribution in [0.4, 0.5) is 0 Å². The first-order valence-electron chi connectivity index (χ1n) is 16.4. The van der Waals surface area contributed by atoms with Crippen LogP contribution >= 0.6 is 0 Å². The fourth-order valence-electron chi connectivity index (χ4n) is 8.72. The molecule has 0 heterocycles. The first-order chi connectivity index (χ1) is 21.8. The summed E-state index contributed by atoms with van der Waals surface area (Å²) >= 11 is 0. The Balaban J connectivity index is 1.13. The summed E-state index contributed by atoms with van der Waals surface area (Å²) in [6.45, 7) is 0. The Labute approximate surface area is 264 Å². The number of carbonyl (C=O) groups is 2. The number of fused-ring (bicyclic) bond motifs is 3. The van der Waals surface area contributed by atoms with Gasteiger partial charge in [-0.15, -0.1) is 0 Å². The van der Waals surface area contributed by atoms with Gasteiger partial charge in [-0.1, -0.05) is 6.07 Å². The number of nitrogens with one attached hydrogen (secondary N) is 1. The van der Waals surface area contributed by atoms with Crippen molar-refractivity contribution < 1.29 is 33.3 Å². The van der Waals surface area contributed by atoms with Gasteiger partial charge in [-0.3, -0.25) is 14.4 Å². The number of ether oxygens (including phenoxy) is 5. The molecule has 2 aromatic carbocycles. The second kappa shape index (κ2) is 13.3. The highest BCUT2D eigenvalue weighted by atomic mass is 16.5. The van der Waals surface area contributed by atoms with Crippen molar-refractivity contribution in [3.05, 3.63) is 45.6 Å². The van der Waals surface area contributed by atoms with Crippen LogP contribution in [0.25, 0.3) is 11.1 Å². The van der Waals surface area contributed by atoms with Crippen LogP contribution in [0.5, 0.6) is 23.0 Å². The molecule has 5 aliphatic rings. The third-order valence-corrected chi connectivity index (χ3v) is 10.5. The number of benzene rings is 1. The minimum Gasteiger partial charge on any atom is -0.493 e. The van der Waals surface area contributed by atoms with E-state index in [1.165, 1.54) is 39.2 Å². The summed E-state index contributed by atoms with van der Waals surface area (Å²) in [6, 6.07) is 6.53. The van der Waals surface area contributed by atoms with Crippen LogP contribution in [-0.2, 0) is 20.7 Å². The van der Waals surface area contributed by atoms with Crippen molar-refractivity contribution >= 4 is 11.9 Å². The highest BCUT2D eigenvalue weighted by molar-refractivity contribution is 5.84. The van der Waals surface area contributed by atoms with Gasteiger partial charge in [-0.25, -0.2) is 0 Å². The summed E-state index contributed by atoms with van der Waals surface area (Å²) in [5.74, 6) is 4.21. The molecular formula is C36H45NO8. The second-order valence-electron chi connectivity index (χ2n) is 13.2. The lowest BCUT2D eigenvalue weighted by atomic mass is 9.55. The van der Waals surface area contributed by atoms with Gasteiger partial charge in [0.15, 0.2) is 17.2 Å². The minimum absolute atomic E-state index is 0.0949. The van der Waals surface area contributed by atoms with Crippen LogP contribution in [-0.4, -0.2) is 46.4 Å². The van der Waals surface area contributed by atoms with Crippen LogP contribution in [0.3, 0.4) is 0 Å². The number of esters is 1. The van der Waals surface area contributed by atoms with Crippen LogP contribution in [0.2, 0.25) is 0 Å². The topological polar surface area (TPSA) is 109 Å². The van der Waals surface area contributed by atoms with E-state index in [1.807, 2.05) is 12.1 Å². The maximum Gasteiger partial charge on any atom is 0.306 e. The van der Waals surface area contributed by atoms with E-state index < -0.39 is 6.04 Å². The van der Waals surface area contributed by atoms with Crippen LogP contribution in [0, 0.1) is 23.7 Å². The van der Waals surface area contributed by atoms with E-state index in [1.54, 1.807) is 33.5 Å². The van der Waals surface area contributed by atoms with Crippen molar-refractivity contribution in [3.63, 3.8) is 0 Å². The van der Waals surface area contributed by atoms with Gasteiger partial charge in [-0.2, -0.15) is 0 Å². The molecule has 45 heavy (non-hydrogen) atoms. The molecule has 9 heteroatoms. The first kappa shape index (κ1) is 31.2. The number of carbonyl (C=O) groups excluding carboxylic acids is 2. The maximum absolute atomic E-state index is 13.3. The zero-order valence-corrected chi connectivity index (χ0v) is 26.8. The Morgan fingerprint density at radius 3 is 2.11 bits per heavy atom. The lowest BCUT2D eigenvalue weighted by molar-refractivity contribution is -0.170. The normalized spacial score (nSPS) is 25.8. The third kappa shape index (κ3) is 6.23. The number of hydrogen-bond donors (Lipinski definition) is 1. The number of unbranched alkanes of at least 4 members (excludes halogenated alkanes) is 1. The smallest absolute Gasteiger partial charge is 0.306 e. The zero-order valence-electron chi connectivity index (χ0n) is 26.8. The van der Waals surface area contributed by atoms with Gasteiger partial charge in [0, 0.05) is 18.4 Å². The van der Waals surface area contributed by atoms with Crippen molar-refractivity contribution in [1.82, 2.24) is 5.32 Å². The average Bonchev–Trinajstić information content (AvgIpc) is 3.27. The Morgan fingerprint density at radius 1 is 0.800 bits per heavy atom. The summed E-state index contributed by atoms with van der Waals surface area (Å²) in [7, 11) is 6.17. The molecule has 0 spiro atoms. The average molecular weight is 620 g/mol. The van der Waals surface area contributed by atoms with Gasteiger partial charge in [0.05, 0.1) is 34.5 Å². The predicted octanol–water partition coefficient (Wildman–Crippen LogP) is 5.78. The molecule has 4 saturated carbocycles. The molecule has 2 aromatic rings. The van der Waals surface area contributed by atoms with E-state index in [0.29, 0.717) is 66.8 Å². The molecule has 1 amide bonds. The Morgan fingerprint density at radius 2 is 1.47 bits per heavy atom. The van der Waals surface area contributed by atoms with E-state index in [0.717, 1.165) is 28.5 Å². The fraction of sp³-hybridized carbons (Fsp3) is 0.583.